The van der Waals surface area contributed by atoms with Crippen molar-refractivity contribution in [3.63, 3.8) is 0 Å². The number of rotatable bonds is 6. The lowest BCUT2D eigenvalue weighted by Crippen LogP contribution is -2.30. The molecule has 2 aromatic carbocycles. The van der Waals surface area contributed by atoms with Gasteiger partial charge in [-0.1, -0.05) is 19.9 Å². The van der Waals surface area contributed by atoms with E-state index in [2.05, 4.69) is 21.2 Å². The number of anilines is 1. The van der Waals surface area contributed by atoms with Crippen LogP contribution < -0.4 is 5.32 Å². The molecule has 1 N–H and O–H groups in total. The van der Waals surface area contributed by atoms with Crippen molar-refractivity contribution in [1.29, 1.82) is 0 Å². The molecule has 5 nitrogen and oxygen atoms in total. The lowest BCUT2D eigenvalue weighted by molar-refractivity contribution is 0.102. The second-order valence-corrected chi connectivity index (χ2v) is 8.46. The van der Waals surface area contributed by atoms with Gasteiger partial charge in [-0.2, -0.15) is 4.31 Å². The quantitative estimate of drug-likeness (QED) is 0.729. The van der Waals surface area contributed by atoms with Crippen LogP contribution in [0, 0.1) is 12.7 Å². The molecule has 0 saturated heterocycles. The Morgan fingerprint density at radius 1 is 1.15 bits per heavy atom. The molecular weight excluding hydrogens is 423 g/mol. The summed E-state index contributed by atoms with van der Waals surface area (Å²) in [5.41, 5.74) is 0.872. The second-order valence-electron chi connectivity index (χ2n) is 5.67. The first kappa shape index (κ1) is 20.5. The summed E-state index contributed by atoms with van der Waals surface area (Å²) in [4.78, 5) is 12.6. The molecule has 140 valence electrons. The monoisotopic (exact) mass is 442 g/mol. The lowest BCUT2D eigenvalue weighted by Gasteiger charge is -2.19. The summed E-state index contributed by atoms with van der Waals surface area (Å²) in [6.45, 7) is 5.88. The van der Waals surface area contributed by atoms with Gasteiger partial charge in [-0.15, -0.1) is 0 Å². The summed E-state index contributed by atoms with van der Waals surface area (Å²) < 4.78 is 41.0. The average Bonchev–Trinajstić information content (AvgIpc) is 2.58. The van der Waals surface area contributed by atoms with E-state index < -0.39 is 21.7 Å². The molecule has 0 aliphatic rings. The van der Waals surface area contributed by atoms with E-state index in [4.69, 9.17) is 0 Å². The molecule has 2 aromatic rings. The molecule has 0 radical (unpaired) electrons. The minimum Gasteiger partial charge on any atom is -0.319 e. The molecule has 2 rings (SSSR count). The third-order valence-electron chi connectivity index (χ3n) is 3.90. The highest BCUT2D eigenvalue weighted by Gasteiger charge is 2.24. The van der Waals surface area contributed by atoms with E-state index in [-0.39, 0.29) is 16.1 Å². The van der Waals surface area contributed by atoms with Gasteiger partial charge in [0.15, 0.2) is 0 Å². The zero-order valence-corrected chi connectivity index (χ0v) is 17.1. The van der Waals surface area contributed by atoms with Gasteiger partial charge in [0.1, 0.15) is 5.82 Å². The van der Waals surface area contributed by atoms with Gasteiger partial charge in [-0.25, -0.2) is 12.8 Å². The van der Waals surface area contributed by atoms with Crippen LogP contribution in [0.3, 0.4) is 0 Å². The van der Waals surface area contributed by atoms with Crippen molar-refractivity contribution < 1.29 is 17.6 Å². The third kappa shape index (κ3) is 4.31. The summed E-state index contributed by atoms with van der Waals surface area (Å²) in [7, 11) is -3.70. The van der Waals surface area contributed by atoms with E-state index in [1.54, 1.807) is 26.8 Å². The van der Waals surface area contributed by atoms with Crippen molar-refractivity contribution in [2.24, 2.45) is 0 Å². The fourth-order valence-electron chi connectivity index (χ4n) is 2.46. The number of carbonyl (C=O) groups excluding carboxylic acids is 1. The van der Waals surface area contributed by atoms with Crippen molar-refractivity contribution in [3.05, 3.63) is 57.8 Å². The number of hydrogen-bond donors (Lipinski definition) is 1. The fourth-order valence-corrected chi connectivity index (χ4v) is 4.37. The molecular formula is C18H20BrFN2O3S. The van der Waals surface area contributed by atoms with E-state index in [1.807, 2.05) is 0 Å². The number of benzene rings is 2. The maximum Gasteiger partial charge on any atom is 0.256 e. The summed E-state index contributed by atoms with van der Waals surface area (Å²) in [6, 6.07) is 8.67. The highest BCUT2D eigenvalue weighted by molar-refractivity contribution is 9.10. The number of nitrogens with zero attached hydrogens (tertiary/aromatic N) is 1. The molecule has 0 spiro atoms. The van der Waals surface area contributed by atoms with Crippen LogP contribution in [0.4, 0.5) is 10.1 Å². The Hall–Kier alpha value is -1.77. The molecule has 0 fully saturated rings. The summed E-state index contributed by atoms with van der Waals surface area (Å²) in [6.07, 6.45) is 0. The fraction of sp³-hybridized carbons (Fsp3) is 0.278. The number of sulfonamides is 1. The van der Waals surface area contributed by atoms with Crippen molar-refractivity contribution in [3.8, 4) is 0 Å². The van der Waals surface area contributed by atoms with Gasteiger partial charge >= 0.3 is 0 Å². The number of halogens is 2. The van der Waals surface area contributed by atoms with E-state index >= 15 is 0 Å². The summed E-state index contributed by atoms with van der Waals surface area (Å²) in [5, 5.41) is 2.48. The molecule has 1 amide bonds. The number of carbonyl (C=O) groups is 1. The van der Waals surface area contributed by atoms with Gasteiger partial charge in [-0.05, 0) is 58.7 Å². The molecule has 8 heteroatoms. The Bertz CT molecular complexity index is 928. The van der Waals surface area contributed by atoms with Crippen molar-refractivity contribution in [2.45, 2.75) is 25.7 Å². The standard InChI is InChI=1S/C18H20BrFN2O3S/c1-4-22(5-2)26(24,25)13-7-8-15(19)14(11-13)18(23)21-17-9-6-12(3)10-16(17)20/h6-11H,4-5H2,1-3H3,(H,21,23). The van der Waals surface area contributed by atoms with E-state index in [0.717, 1.165) is 5.56 Å². The Morgan fingerprint density at radius 2 is 1.81 bits per heavy atom. The number of hydrogen-bond acceptors (Lipinski definition) is 3. The summed E-state index contributed by atoms with van der Waals surface area (Å²) >= 11 is 3.25. The highest BCUT2D eigenvalue weighted by Crippen LogP contribution is 2.25. The smallest absolute Gasteiger partial charge is 0.256 e. The Morgan fingerprint density at radius 3 is 2.38 bits per heavy atom. The Kier molecular flexibility index (Phi) is 6.54. The number of aryl methyl sites for hydroxylation is 1. The van der Waals surface area contributed by atoms with Gasteiger partial charge in [0.2, 0.25) is 10.0 Å². The SMILES string of the molecule is CCN(CC)S(=O)(=O)c1ccc(Br)c(C(=O)Nc2ccc(C)cc2F)c1. The lowest BCUT2D eigenvalue weighted by atomic mass is 10.2. The van der Waals surface area contributed by atoms with Crippen molar-refractivity contribution >= 4 is 37.5 Å². The number of nitrogens with one attached hydrogen (secondary N) is 1. The van der Waals surface area contributed by atoms with Crippen LogP contribution in [0.25, 0.3) is 0 Å². The van der Waals surface area contributed by atoms with Gasteiger partial charge < -0.3 is 5.32 Å². The normalized spacial score (nSPS) is 11.6. The molecule has 0 atom stereocenters. The maximum absolute atomic E-state index is 14.0. The predicted octanol–water partition coefficient (Wildman–Crippen LogP) is 4.18. The van der Waals surface area contributed by atoms with E-state index in [9.17, 15) is 17.6 Å². The van der Waals surface area contributed by atoms with Gasteiger partial charge in [0, 0.05) is 17.6 Å². The minimum atomic E-state index is -3.70. The van der Waals surface area contributed by atoms with Crippen LogP contribution in [0.1, 0.15) is 29.8 Å². The van der Waals surface area contributed by atoms with Gasteiger partial charge in [0.25, 0.3) is 5.91 Å². The molecule has 26 heavy (non-hydrogen) atoms. The molecule has 0 aliphatic carbocycles. The highest BCUT2D eigenvalue weighted by atomic mass is 79.9. The molecule has 0 saturated carbocycles. The second kappa shape index (κ2) is 8.28. The van der Waals surface area contributed by atoms with Crippen LogP contribution in [0.15, 0.2) is 45.8 Å². The average molecular weight is 443 g/mol. The largest absolute Gasteiger partial charge is 0.319 e. The first-order chi connectivity index (χ1) is 12.2. The zero-order valence-electron chi connectivity index (χ0n) is 14.7. The maximum atomic E-state index is 14.0. The van der Waals surface area contributed by atoms with Crippen LogP contribution in [-0.2, 0) is 10.0 Å². The summed E-state index contributed by atoms with van der Waals surface area (Å²) in [5.74, 6) is -1.15. The van der Waals surface area contributed by atoms with Crippen LogP contribution >= 0.6 is 15.9 Å². The first-order valence-corrected chi connectivity index (χ1v) is 10.3. The topological polar surface area (TPSA) is 66.5 Å². The van der Waals surface area contributed by atoms with Crippen molar-refractivity contribution in [1.82, 2.24) is 4.31 Å². The van der Waals surface area contributed by atoms with E-state index in [0.29, 0.717) is 17.6 Å². The first-order valence-electron chi connectivity index (χ1n) is 8.07. The molecule has 0 unspecified atom stereocenters. The molecule has 0 bridgehead atoms. The van der Waals surface area contributed by atoms with Crippen LogP contribution in [-0.4, -0.2) is 31.7 Å². The van der Waals surface area contributed by atoms with E-state index in [1.165, 1.54) is 34.6 Å². The minimum absolute atomic E-state index is 0.0129. The molecule has 0 heterocycles. The van der Waals surface area contributed by atoms with Gasteiger partial charge in [-0.3, -0.25) is 4.79 Å². The number of amides is 1. The van der Waals surface area contributed by atoms with Crippen molar-refractivity contribution in [2.75, 3.05) is 18.4 Å². The van der Waals surface area contributed by atoms with Crippen LogP contribution in [0.2, 0.25) is 0 Å². The Balaban J connectivity index is 2.39. The third-order valence-corrected chi connectivity index (χ3v) is 6.64. The zero-order chi connectivity index (χ0) is 19.5. The molecule has 0 aliphatic heterocycles. The molecule has 0 aromatic heterocycles. The predicted molar refractivity (Wildman–Crippen MR) is 103 cm³/mol. The Labute approximate surface area is 161 Å². The van der Waals surface area contributed by atoms with Crippen LogP contribution in [0.5, 0.6) is 0 Å². The van der Waals surface area contributed by atoms with Gasteiger partial charge in [0.05, 0.1) is 16.1 Å².